The smallest absolute Gasteiger partial charge is 0.193 e. The molecule has 2 N–H and O–H groups in total. The summed E-state index contributed by atoms with van der Waals surface area (Å²) in [5, 5.41) is 13.1. The highest BCUT2D eigenvalue weighted by Gasteiger charge is 2.25. The van der Waals surface area contributed by atoms with Gasteiger partial charge in [0, 0.05) is 33.1 Å². The predicted molar refractivity (Wildman–Crippen MR) is 82.6 cm³/mol. The van der Waals surface area contributed by atoms with Crippen molar-refractivity contribution in [2.24, 2.45) is 10.9 Å². The SMILES string of the molecule is CN=C(NCC1CCCC1O)N(C)Cc1cccc(F)c1. The summed E-state index contributed by atoms with van der Waals surface area (Å²) in [6.07, 6.45) is 2.83. The van der Waals surface area contributed by atoms with Crippen LogP contribution in [0.25, 0.3) is 0 Å². The minimum atomic E-state index is -0.224. The van der Waals surface area contributed by atoms with E-state index < -0.39 is 0 Å². The molecule has 0 amide bonds. The normalized spacial score (nSPS) is 22.4. The molecule has 5 heteroatoms. The molecule has 2 rings (SSSR count). The summed E-state index contributed by atoms with van der Waals surface area (Å²) in [5.41, 5.74) is 0.904. The van der Waals surface area contributed by atoms with Crippen molar-refractivity contribution >= 4 is 5.96 Å². The maximum atomic E-state index is 13.2. The van der Waals surface area contributed by atoms with E-state index in [2.05, 4.69) is 10.3 Å². The molecule has 0 spiro atoms. The van der Waals surface area contributed by atoms with E-state index in [1.54, 1.807) is 13.1 Å². The molecule has 0 aliphatic heterocycles. The maximum Gasteiger partial charge on any atom is 0.193 e. The van der Waals surface area contributed by atoms with Gasteiger partial charge in [0.25, 0.3) is 0 Å². The fourth-order valence-electron chi connectivity index (χ4n) is 2.85. The van der Waals surface area contributed by atoms with Gasteiger partial charge in [-0.25, -0.2) is 4.39 Å². The molecule has 1 fully saturated rings. The Labute approximate surface area is 125 Å². The van der Waals surface area contributed by atoms with Crippen LogP contribution in [0.3, 0.4) is 0 Å². The number of nitrogens with one attached hydrogen (secondary N) is 1. The van der Waals surface area contributed by atoms with Crippen molar-refractivity contribution in [2.75, 3.05) is 20.6 Å². The number of nitrogens with zero attached hydrogens (tertiary/aromatic N) is 2. The summed E-state index contributed by atoms with van der Waals surface area (Å²) >= 11 is 0. The molecule has 1 aliphatic carbocycles. The Kier molecular flexibility index (Phi) is 5.56. The first-order valence-corrected chi connectivity index (χ1v) is 7.44. The Morgan fingerprint density at radius 3 is 2.90 bits per heavy atom. The molecule has 116 valence electrons. The number of guanidine groups is 1. The van der Waals surface area contributed by atoms with Crippen molar-refractivity contribution in [3.8, 4) is 0 Å². The lowest BCUT2D eigenvalue weighted by Crippen LogP contribution is -2.41. The average Bonchev–Trinajstić information content (AvgIpc) is 2.85. The van der Waals surface area contributed by atoms with E-state index >= 15 is 0 Å². The predicted octanol–water partition coefficient (Wildman–Crippen LogP) is 1.99. The Morgan fingerprint density at radius 1 is 1.48 bits per heavy atom. The molecule has 4 nitrogen and oxygen atoms in total. The van der Waals surface area contributed by atoms with E-state index in [-0.39, 0.29) is 11.9 Å². The monoisotopic (exact) mass is 293 g/mol. The van der Waals surface area contributed by atoms with Gasteiger partial charge in [0.05, 0.1) is 6.10 Å². The van der Waals surface area contributed by atoms with Gasteiger partial charge in [-0.1, -0.05) is 18.6 Å². The van der Waals surface area contributed by atoms with Gasteiger partial charge in [0.2, 0.25) is 0 Å². The lowest BCUT2D eigenvalue weighted by molar-refractivity contribution is 0.134. The van der Waals surface area contributed by atoms with Crippen LogP contribution in [0.4, 0.5) is 4.39 Å². The third-order valence-electron chi connectivity index (χ3n) is 4.02. The highest BCUT2D eigenvalue weighted by molar-refractivity contribution is 5.79. The van der Waals surface area contributed by atoms with Gasteiger partial charge in [-0.05, 0) is 30.5 Å². The van der Waals surface area contributed by atoms with E-state index in [4.69, 9.17) is 0 Å². The zero-order valence-electron chi connectivity index (χ0n) is 12.7. The molecule has 0 aromatic heterocycles. The summed E-state index contributed by atoms with van der Waals surface area (Å²) < 4.78 is 13.2. The maximum absolute atomic E-state index is 13.2. The number of aliphatic hydroxyl groups is 1. The number of hydrogen-bond donors (Lipinski definition) is 2. The molecule has 1 aromatic rings. The van der Waals surface area contributed by atoms with Crippen molar-refractivity contribution in [2.45, 2.75) is 31.9 Å². The van der Waals surface area contributed by atoms with Crippen LogP contribution in [0.15, 0.2) is 29.3 Å². The first kappa shape index (κ1) is 15.8. The van der Waals surface area contributed by atoms with E-state index in [0.29, 0.717) is 12.5 Å². The van der Waals surface area contributed by atoms with E-state index in [1.807, 2.05) is 18.0 Å². The second kappa shape index (κ2) is 7.41. The average molecular weight is 293 g/mol. The van der Waals surface area contributed by atoms with Crippen molar-refractivity contribution in [1.29, 1.82) is 0 Å². The summed E-state index contributed by atoms with van der Waals surface area (Å²) in [7, 11) is 3.65. The Balaban J connectivity index is 1.88. The number of aliphatic hydroxyl groups excluding tert-OH is 1. The van der Waals surface area contributed by atoms with Gasteiger partial charge in [-0.15, -0.1) is 0 Å². The van der Waals surface area contributed by atoms with E-state index in [1.165, 1.54) is 12.1 Å². The van der Waals surface area contributed by atoms with Gasteiger partial charge in [-0.2, -0.15) is 0 Å². The van der Waals surface area contributed by atoms with Crippen LogP contribution in [-0.2, 0) is 6.54 Å². The largest absolute Gasteiger partial charge is 0.393 e. The molecular formula is C16H24FN3O. The van der Waals surface area contributed by atoms with Crippen molar-refractivity contribution in [3.05, 3.63) is 35.6 Å². The summed E-state index contributed by atoms with van der Waals surface area (Å²) in [5.74, 6) is 0.834. The molecule has 0 saturated heterocycles. The lowest BCUT2D eigenvalue weighted by atomic mass is 10.1. The topological polar surface area (TPSA) is 47.9 Å². The second-order valence-corrected chi connectivity index (χ2v) is 5.67. The Morgan fingerprint density at radius 2 is 2.29 bits per heavy atom. The van der Waals surface area contributed by atoms with Crippen LogP contribution in [0.1, 0.15) is 24.8 Å². The summed E-state index contributed by atoms with van der Waals surface area (Å²) in [6, 6.07) is 6.58. The molecule has 0 bridgehead atoms. The fourth-order valence-corrected chi connectivity index (χ4v) is 2.85. The fraction of sp³-hybridized carbons (Fsp3) is 0.562. The minimum Gasteiger partial charge on any atom is -0.393 e. The zero-order valence-corrected chi connectivity index (χ0v) is 12.7. The molecule has 0 radical (unpaired) electrons. The first-order valence-electron chi connectivity index (χ1n) is 7.44. The second-order valence-electron chi connectivity index (χ2n) is 5.67. The number of benzene rings is 1. The summed E-state index contributed by atoms with van der Waals surface area (Å²) in [4.78, 5) is 6.20. The molecular weight excluding hydrogens is 269 g/mol. The van der Waals surface area contributed by atoms with Gasteiger partial charge in [-0.3, -0.25) is 4.99 Å². The third kappa shape index (κ3) is 4.43. The molecule has 1 saturated carbocycles. The van der Waals surface area contributed by atoms with Gasteiger partial charge in [0.15, 0.2) is 5.96 Å². The standard InChI is InChI=1S/C16H24FN3O/c1-18-16(19-10-13-6-4-8-15(13)21)20(2)11-12-5-3-7-14(17)9-12/h3,5,7,9,13,15,21H,4,6,8,10-11H2,1-2H3,(H,18,19). The van der Waals surface area contributed by atoms with Crippen LogP contribution in [-0.4, -0.2) is 42.7 Å². The quantitative estimate of drug-likeness (QED) is 0.659. The highest BCUT2D eigenvalue weighted by Crippen LogP contribution is 2.24. The molecule has 21 heavy (non-hydrogen) atoms. The van der Waals surface area contributed by atoms with Crippen LogP contribution < -0.4 is 5.32 Å². The Bertz CT molecular complexity index is 492. The van der Waals surface area contributed by atoms with Crippen LogP contribution in [0.5, 0.6) is 0 Å². The number of aliphatic imine (C=N–C) groups is 1. The third-order valence-corrected chi connectivity index (χ3v) is 4.02. The van der Waals surface area contributed by atoms with E-state index in [0.717, 1.165) is 37.3 Å². The highest BCUT2D eigenvalue weighted by atomic mass is 19.1. The van der Waals surface area contributed by atoms with Crippen molar-refractivity contribution < 1.29 is 9.50 Å². The van der Waals surface area contributed by atoms with Crippen molar-refractivity contribution in [1.82, 2.24) is 10.2 Å². The zero-order chi connectivity index (χ0) is 15.2. The molecule has 0 heterocycles. The van der Waals surface area contributed by atoms with Gasteiger partial charge >= 0.3 is 0 Å². The molecule has 2 atom stereocenters. The van der Waals surface area contributed by atoms with Gasteiger partial charge in [0.1, 0.15) is 5.82 Å². The number of rotatable bonds is 4. The van der Waals surface area contributed by atoms with Gasteiger partial charge < -0.3 is 15.3 Å². The van der Waals surface area contributed by atoms with Crippen LogP contribution >= 0.6 is 0 Å². The minimum absolute atomic E-state index is 0.205. The molecule has 2 unspecified atom stereocenters. The van der Waals surface area contributed by atoms with Crippen LogP contribution in [0, 0.1) is 11.7 Å². The van der Waals surface area contributed by atoms with Crippen LogP contribution in [0.2, 0.25) is 0 Å². The molecule has 1 aliphatic rings. The Hall–Kier alpha value is -1.62. The molecule has 1 aromatic carbocycles. The summed E-state index contributed by atoms with van der Waals surface area (Å²) in [6.45, 7) is 1.31. The number of halogens is 1. The first-order chi connectivity index (χ1) is 10.1. The van der Waals surface area contributed by atoms with E-state index in [9.17, 15) is 9.50 Å². The lowest BCUT2D eigenvalue weighted by Gasteiger charge is -2.24. The number of hydrogen-bond acceptors (Lipinski definition) is 2. The van der Waals surface area contributed by atoms with Crippen molar-refractivity contribution in [3.63, 3.8) is 0 Å².